The molecule has 2 atom stereocenters. The minimum Gasteiger partial charge on any atom is -0.366 e. The lowest BCUT2D eigenvalue weighted by atomic mass is 10.0. The third kappa shape index (κ3) is 7.26. The molecule has 7 rings (SSSR count). The summed E-state index contributed by atoms with van der Waals surface area (Å²) in [5.74, 6) is -0.873. The summed E-state index contributed by atoms with van der Waals surface area (Å²) in [5.41, 5.74) is 4.10. The Labute approximate surface area is 290 Å². The highest BCUT2D eigenvalue weighted by molar-refractivity contribution is 8.01. The number of rotatable bonds is 8. The first-order valence-corrected chi connectivity index (χ1v) is 18.2. The number of carbonyl (C=O) groups excluding carboxylic acids is 3. The van der Waals surface area contributed by atoms with E-state index < -0.39 is 10.6 Å². The van der Waals surface area contributed by atoms with E-state index in [4.69, 9.17) is 0 Å². The van der Waals surface area contributed by atoms with Gasteiger partial charge in [-0.2, -0.15) is 0 Å². The number of hydrogen-bond acceptors (Lipinski definition) is 6. The van der Waals surface area contributed by atoms with Crippen LogP contribution in [0.4, 0.5) is 25.0 Å². The smallest absolute Gasteiger partial charge is 0.322 e. The van der Waals surface area contributed by atoms with Gasteiger partial charge >= 0.3 is 6.03 Å². The van der Waals surface area contributed by atoms with Gasteiger partial charge in [0.2, 0.25) is 11.8 Å². The van der Waals surface area contributed by atoms with E-state index >= 15 is 4.39 Å². The van der Waals surface area contributed by atoms with Crippen LogP contribution in [0, 0.1) is 11.6 Å². The highest BCUT2D eigenvalue weighted by Gasteiger charge is 2.44. The van der Waals surface area contributed by atoms with Gasteiger partial charge in [-0.25, -0.2) is 13.6 Å². The highest BCUT2D eigenvalue weighted by atomic mass is 32.2. The van der Waals surface area contributed by atoms with Crippen molar-refractivity contribution in [1.82, 2.24) is 20.0 Å². The standard InChI is InChI=1S/C37H42F2N6O3S/c38-27-10-8-25(9-11-27)12-20-45-35(47)32(49-36(45)29-5-3-6-30(39)34(29)43-22-16-40-17-23-43)24-33(46)42-18-14-28(15-19-42)44-21-13-26-4-1-2-7-31(26)41-37(44)48/h1-11,28,32,36,40H,12-24H2,(H,41,48)/t32-,36?/m0/s1. The molecule has 0 radical (unpaired) electrons. The van der Waals surface area contributed by atoms with Gasteiger partial charge in [0.05, 0.1) is 10.9 Å². The number of piperazine rings is 1. The van der Waals surface area contributed by atoms with Crippen LogP contribution < -0.4 is 15.5 Å². The molecule has 0 aromatic heterocycles. The van der Waals surface area contributed by atoms with Gasteiger partial charge < -0.3 is 30.2 Å². The predicted octanol–water partition coefficient (Wildman–Crippen LogP) is 5.03. The van der Waals surface area contributed by atoms with Gasteiger partial charge in [-0.05, 0) is 61.1 Å². The number of nitrogens with one attached hydrogen (secondary N) is 2. The second-order valence-electron chi connectivity index (χ2n) is 13.1. The summed E-state index contributed by atoms with van der Waals surface area (Å²) in [6.45, 7) is 4.79. The van der Waals surface area contributed by atoms with Crippen molar-refractivity contribution in [1.29, 1.82) is 0 Å². The zero-order valence-corrected chi connectivity index (χ0v) is 28.3. The van der Waals surface area contributed by atoms with Crippen molar-refractivity contribution in [3.05, 3.63) is 95.1 Å². The molecule has 0 spiro atoms. The molecule has 49 heavy (non-hydrogen) atoms. The maximum Gasteiger partial charge on any atom is 0.322 e. The van der Waals surface area contributed by atoms with Crippen LogP contribution >= 0.6 is 11.8 Å². The van der Waals surface area contributed by atoms with Gasteiger partial charge in [0.15, 0.2) is 0 Å². The maximum atomic E-state index is 15.5. The summed E-state index contributed by atoms with van der Waals surface area (Å²) in [7, 11) is 0. The van der Waals surface area contributed by atoms with Crippen molar-refractivity contribution >= 4 is 41.0 Å². The first-order valence-electron chi connectivity index (χ1n) is 17.2. The van der Waals surface area contributed by atoms with Crippen molar-refractivity contribution < 1.29 is 23.2 Å². The van der Waals surface area contributed by atoms with E-state index in [2.05, 4.69) is 10.6 Å². The minimum absolute atomic E-state index is 0.0311. The molecular formula is C37H42F2N6O3S. The van der Waals surface area contributed by atoms with Crippen molar-refractivity contribution in [2.45, 2.75) is 48.8 Å². The molecule has 0 bridgehead atoms. The monoisotopic (exact) mass is 688 g/mol. The Balaban J connectivity index is 1.04. The minimum atomic E-state index is -0.613. The van der Waals surface area contributed by atoms with Gasteiger partial charge in [-0.15, -0.1) is 11.8 Å². The number of halogens is 2. The molecule has 9 nitrogen and oxygen atoms in total. The third-order valence-electron chi connectivity index (χ3n) is 10.2. The lowest BCUT2D eigenvalue weighted by molar-refractivity contribution is -0.136. The molecule has 258 valence electrons. The number of fused-ring (bicyclic) bond motifs is 1. The number of thioether (sulfide) groups is 1. The number of likely N-dealkylation sites (tertiary alicyclic amines) is 1. The van der Waals surface area contributed by atoms with E-state index in [1.54, 1.807) is 23.1 Å². The maximum absolute atomic E-state index is 15.5. The molecule has 3 aromatic rings. The molecule has 4 aliphatic heterocycles. The molecule has 2 N–H and O–H groups in total. The van der Waals surface area contributed by atoms with Crippen LogP contribution in [0.2, 0.25) is 0 Å². The van der Waals surface area contributed by atoms with Crippen molar-refractivity contribution in [2.24, 2.45) is 0 Å². The number of nitrogens with zero attached hydrogens (tertiary/aromatic N) is 4. The SMILES string of the molecule is O=C(C[C@@H]1SC(c2cccc(F)c2N2CCNCC2)N(CCc2ccc(F)cc2)C1=O)N1CCC(N2CCc3ccccc3NC2=O)CC1. The molecule has 1 unspecified atom stereocenters. The first kappa shape index (κ1) is 33.3. The van der Waals surface area contributed by atoms with E-state index in [1.165, 1.54) is 30.0 Å². The first-order chi connectivity index (χ1) is 23.9. The fourth-order valence-corrected chi connectivity index (χ4v) is 8.99. The number of anilines is 2. The highest BCUT2D eigenvalue weighted by Crippen LogP contribution is 2.48. The zero-order valence-electron chi connectivity index (χ0n) is 27.5. The number of urea groups is 1. The van der Waals surface area contributed by atoms with Crippen LogP contribution in [-0.4, -0.2) is 96.2 Å². The van der Waals surface area contributed by atoms with Crippen molar-refractivity contribution in [2.75, 3.05) is 62.6 Å². The molecule has 0 saturated carbocycles. The fraction of sp³-hybridized carbons (Fsp3) is 0.432. The Morgan fingerprint density at radius 3 is 2.41 bits per heavy atom. The van der Waals surface area contributed by atoms with Gasteiger partial charge in [0.25, 0.3) is 0 Å². The Morgan fingerprint density at radius 2 is 1.63 bits per heavy atom. The molecule has 4 heterocycles. The molecular weight excluding hydrogens is 647 g/mol. The van der Waals surface area contributed by atoms with E-state index in [-0.39, 0.29) is 41.9 Å². The Morgan fingerprint density at radius 1 is 0.878 bits per heavy atom. The summed E-state index contributed by atoms with van der Waals surface area (Å²) in [6.07, 6.45) is 2.67. The normalized spacial score (nSPS) is 21.8. The number of benzene rings is 3. The van der Waals surface area contributed by atoms with Crippen LogP contribution in [0.25, 0.3) is 0 Å². The Kier molecular flexibility index (Phi) is 10.0. The van der Waals surface area contributed by atoms with Gasteiger partial charge in [-0.3, -0.25) is 9.59 Å². The zero-order chi connectivity index (χ0) is 33.9. The predicted molar refractivity (Wildman–Crippen MR) is 188 cm³/mol. The summed E-state index contributed by atoms with van der Waals surface area (Å²) in [6, 6.07) is 19.1. The number of hydrogen-bond donors (Lipinski definition) is 2. The molecule has 3 fully saturated rings. The van der Waals surface area contributed by atoms with Crippen molar-refractivity contribution in [3.63, 3.8) is 0 Å². The average Bonchev–Trinajstić information content (AvgIpc) is 3.31. The number of carbonyl (C=O) groups is 3. The number of para-hydroxylation sites is 2. The summed E-state index contributed by atoms with van der Waals surface area (Å²) >= 11 is 1.42. The lowest BCUT2D eigenvalue weighted by Crippen LogP contribution is -2.50. The van der Waals surface area contributed by atoms with Crippen LogP contribution in [0.15, 0.2) is 66.7 Å². The van der Waals surface area contributed by atoms with Gasteiger partial charge in [0.1, 0.15) is 17.0 Å². The van der Waals surface area contributed by atoms with Crippen LogP contribution in [0.5, 0.6) is 0 Å². The van der Waals surface area contributed by atoms with Crippen LogP contribution in [0.3, 0.4) is 0 Å². The molecule has 12 heteroatoms. The second-order valence-corrected chi connectivity index (χ2v) is 14.4. The van der Waals surface area contributed by atoms with Crippen LogP contribution in [-0.2, 0) is 22.4 Å². The molecule has 3 aromatic carbocycles. The van der Waals surface area contributed by atoms with E-state index in [0.717, 1.165) is 41.9 Å². The topological polar surface area (TPSA) is 88.2 Å². The number of piperidine rings is 1. The van der Waals surface area contributed by atoms with E-state index in [9.17, 15) is 18.8 Å². The fourth-order valence-electron chi connectivity index (χ4n) is 7.50. The third-order valence-corrected chi connectivity index (χ3v) is 11.6. The Bertz CT molecular complexity index is 1680. The van der Waals surface area contributed by atoms with Gasteiger partial charge in [-0.1, -0.05) is 42.5 Å². The molecule has 4 aliphatic rings. The summed E-state index contributed by atoms with van der Waals surface area (Å²) < 4.78 is 29.1. The average molecular weight is 689 g/mol. The Hall–Kier alpha value is -4.16. The molecule has 0 aliphatic carbocycles. The quantitative estimate of drug-likeness (QED) is 0.346. The number of amides is 4. The van der Waals surface area contributed by atoms with Gasteiger partial charge in [0, 0.05) is 76.1 Å². The van der Waals surface area contributed by atoms with E-state index in [0.29, 0.717) is 64.2 Å². The second kappa shape index (κ2) is 14.8. The molecule has 4 amide bonds. The van der Waals surface area contributed by atoms with E-state index in [1.807, 2.05) is 45.0 Å². The molecule has 3 saturated heterocycles. The van der Waals surface area contributed by atoms with Crippen LogP contribution in [0.1, 0.15) is 41.3 Å². The lowest BCUT2D eigenvalue weighted by Gasteiger charge is -2.38. The summed E-state index contributed by atoms with van der Waals surface area (Å²) in [5, 5.41) is 5.28. The largest absolute Gasteiger partial charge is 0.366 e. The summed E-state index contributed by atoms with van der Waals surface area (Å²) in [4.78, 5) is 48.4. The van der Waals surface area contributed by atoms with Crippen molar-refractivity contribution in [3.8, 4) is 0 Å².